The summed E-state index contributed by atoms with van der Waals surface area (Å²) in [6.07, 6.45) is 5.00. The monoisotopic (exact) mass is 208 g/mol. The Morgan fingerprint density at radius 2 is 2.21 bits per heavy atom. The highest BCUT2D eigenvalue weighted by Gasteiger charge is 1.99. The van der Waals surface area contributed by atoms with Crippen LogP contribution in [0.25, 0.3) is 5.82 Å². The lowest BCUT2D eigenvalue weighted by Crippen LogP contribution is -2.01. The molecule has 2 aromatic rings. The lowest BCUT2D eigenvalue weighted by Gasteiger charge is -2.00. The van der Waals surface area contributed by atoms with E-state index in [2.05, 4.69) is 10.1 Å². The van der Waals surface area contributed by atoms with E-state index in [1.165, 1.54) is 0 Å². The maximum atomic E-state index is 5.74. The van der Waals surface area contributed by atoms with Crippen LogP contribution < -0.4 is 5.73 Å². The van der Waals surface area contributed by atoms with Crippen molar-refractivity contribution < 1.29 is 0 Å². The van der Waals surface area contributed by atoms with Crippen molar-refractivity contribution >= 4 is 11.6 Å². The van der Waals surface area contributed by atoms with Crippen LogP contribution in [-0.2, 0) is 6.54 Å². The van der Waals surface area contributed by atoms with Gasteiger partial charge in [0.05, 0.1) is 17.4 Å². The van der Waals surface area contributed by atoms with Crippen molar-refractivity contribution in [3.63, 3.8) is 0 Å². The summed E-state index contributed by atoms with van der Waals surface area (Å²) in [6, 6.07) is 3.77. The SMILES string of the molecule is NCc1ccc(-n2cc(Cl)cn2)nc1. The molecule has 0 aliphatic heterocycles. The summed E-state index contributed by atoms with van der Waals surface area (Å²) in [5.74, 6) is 0.731. The Labute approximate surface area is 86.3 Å². The normalized spacial score (nSPS) is 10.4. The molecule has 0 saturated heterocycles. The number of rotatable bonds is 2. The van der Waals surface area contributed by atoms with Gasteiger partial charge in [0.1, 0.15) is 0 Å². The van der Waals surface area contributed by atoms with Gasteiger partial charge in [-0.3, -0.25) is 0 Å². The predicted molar refractivity (Wildman–Crippen MR) is 54.3 cm³/mol. The summed E-state index contributed by atoms with van der Waals surface area (Å²) in [4.78, 5) is 4.19. The Morgan fingerprint density at radius 3 is 2.71 bits per heavy atom. The van der Waals surface area contributed by atoms with Crippen LogP contribution in [0.4, 0.5) is 0 Å². The van der Waals surface area contributed by atoms with Crippen LogP contribution in [0.5, 0.6) is 0 Å². The molecule has 0 radical (unpaired) electrons. The Hall–Kier alpha value is -1.39. The zero-order valence-corrected chi connectivity index (χ0v) is 8.15. The van der Waals surface area contributed by atoms with Gasteiger partial charge in [0.25, 0.3) is 0 Å². The highest BCUT2D eigenvalue weighted by atomic mass is 35.5. The fourth-order valence-electron chi connectivity index (χ4n) is 1.10. The van der Waals surface area contributed by atoms with Crippen LogP contribution >= 0.6 is 11.6 Å². The van der Waals surface area contributed by atoms with Gasteiger partial charge < -0.3 is 5.73 Å². The molecule has 5 heteroatoms. The maximum Gasteiger partial charge on any atom is 0.153 e. The fourth-order valence-corrected chi connectivity index (χ4v) is 1.24. The lowest BCUT2D eigenvalue weighted by atomic mass is 10.3. The number of hydrogen-bond acceptors (Lipinski definition) is 3. The first-order chi connectivity index (χ1) is 6.79. The van der Waals surface area contributed by atoms with E-state index < -0.39 is 0 Å². The zero-order chi connectivity index (χ0) is 9.97. The standard InChI is InChI=1S/C9H9ClN4/c10-8-5-13-14(6-8)9-2-1-7(3-11)4-12-9/h1-2,4-6H,3,11H2. The lowest BCUT2D eigenvalue weighted by molar-refractivity contribution is 0.842. The average molecular weight is 209 g/mol. The van der Waals surface area contributed by atoms with Gasteiger partial charge in [0.15, 0.2) is 5.82 Å². The molecule has 0 aromatic carbocycles. The molecule has 72 valence electrons. The number of pyridine rings is 1. The first-order valence-electron chi connectivity index (χ1n) is 4.15. The number of nitrogens with two attached hydrogens (primary N) is 1. The quantitative estimate of drug-likeness (QED) is 0.811. The maximum absolute atomic E-state index is 5.74. The smallest absolute Gasteiger partial charge is 0.153 e. The molecular formula is C9H9ClN4. The van der Waals surface area contributed by atoms with E-state index in [0.717, 1.165) is 11.4 Å². The Bertz CT molecular complexity index is 421. The highest BCUT2D eigenvalue weighted by molar-refractivity contribution is 6.30. The molecule has 2 rings (SSSR count). The second-order valence-electron chi connectivity index (χ2n) is 2.83. The minimum absolute atomic E-state index is 0.493. The molecule has 0 unspecified atom stereocenters. The zero-order valence-electron chi connectivity index (χ0n) is 7.39. The van der Waals surface area contributed by atoms with Crippen LogP contribution in [0.2, 0.25) is 5.02 Å². The minimum atomic E-state index is 0.493. The van der Waals surface area contributed by atoms with Crippen molar-refractivity contribution in [3.8, 4) is 5.82 Å². The third-order valence-corrected chi connectivity index (χ3v) is 2.03. The Morgan fingerprint density at radius 1 is 1.36 bits per heavy atom. The summed E-state index contributed by atoms with van der Waals surface area (Å²) in [7, 11) is 0. The molecule has 0 aliphatic carbocycles. The molecule has 14 heavy (non-hydrogen) atoms. The molecule has 2 aromatic heterocycles. The third-order valence-electron chi connectivity index (χ3n) is 1.83. The molecule has 0 saturated carbocycles. The van der Waals surface area contributed by atoms with Gasteiger partial charge >= 0.3 is 0 Å². The van der Waals surface area contributed by atoms with Crippen molar-refractivity contribution in [2.45, 2.75) is 6.54 Å². The van der Waals surface area contributed by atoms with Crippen molar-refractivity contribution in [2.24, 2.45) is 5.73 Å². The number of aromatic nitrogens is 3. The summed E-state index contributed by atoms with van der Waals surface area (Å²) in [5.41, 5.74) is 6.45. The Balaban J connectivity index is 2.33. The van der Waals surface area contributed by atoms with Crippen molar-refractivity contribution in [3.05, 3.63) is 41.3 Å². The van der Waals surface area contributed by atoms with Crippen LogP contribution in [0.1, 0.15) is 5.56 Å². The largest absolute Gasteiger partial charge is 0.326 e. The molecule has 0 amide bonds. The molecule has 4 nitrogen and oxygen atoms in total. The van der Waals surface area contributed by atoms with Gasteiger partial charge in [-0.15, -0.1) is 0 Å². The molecule has 0 atom stereocenters. The number of halogens is 1. The first kappa shape index (κ1) is 9.18. The minimum Gasteiger partial charge on any atom is -0.326 e. The van der Waals surface area contributed by atoms with Gasteiger partial charge in [0.2, 0.25) is 0 Å². The van der Waals surface area contributed by atoms with E-state index in [0.29, 0.717) is 11.6 Å². The van der Waals surface area contributed by atoms with Crippen LogP contribution in [-0.4, -0.2) is 14.8 Å². The second kappa shape index (κ2) is 3.77. The van der Waals surface area contributed by atoms with Crippen molar-refractivity contribution in [1.29, 1.82) is 0 Å². The van der Waals surface area contributed by atoms with Gasteiger partial charge in [0, 0.05) is 12.7 Å². The average Bonchev–Trinajstić information content (AvgIpc) is 2.65. The van der Waals surface area contributed by atoms with Gasteiger partial charge in [-0.25, -0.2) is 9.67 Å². The topological polar surface area (TPSA) is 56.7 Å². The molecule has 0 fully saturated rings. The molecule has 0 spiro atoms. The molecule has 0 bridgehead atoms. The summed E-state index contributed by atoms with van der Waals surface area (Å²) in [6.45, 7) is 0.493. The Kier molecular flexibility index (Phi) is 2.47. The third kappa shape index (κ3) is 1.76. The van der Waals surface area contributed by atoms with Gasteiger partial charge in [-0.2, -0.15) is 5.10 Å². The predicted octanol–water partition coefficient (Wildman–Crippen LogP) is 1.38. The second-order valence-corrected chi connectivity index (χ2v) is 3.27. The molecular weight excluding hydrogens is 200 g/mol. The van der Waals surface area contributed by atoms with E-state index >= 15 is 0 Å². The fraction of sp³-hybridized carbons (Fsp3) is 0.111. The van der Waals surface area contributed by atoms with Crippen molar-refractivity contribution in [1.82, 2.24) is 14.8 Å². The molecule has 0 aliphatic rings. The summed E-state index contributed by atoms with van der Waals surface area (Å²) in [5, 5.41) is 4.62. The van der Waals surface area contributed by atoms with Gasteiger partial charge in [-0.05, 0) is 11.6 Å². The number of nitrogens with zero attached hydrogens (tertiary/aromatic N) is 3. The van der Waals surface area contributed by atoms with Crippen LogP contribution in [0, 0.1) is 0 Å². The van der Waals surface area contributed by atoms with Crippen molar-refractivity contribution in [2.75, 3.05) is 0 Å². The first-order valence-corrected chi connectivity index (χ1v) is 4.53. The highest BCUT2D eigenvalue weighted by Crippen LogP contribution is 2.09. The van der Waals surface area contributed by atoms with Crippen LogP contribution in [0.15, 0.2) is 30.7 Å². The van der Waals surface area contributed by atoms with E-state index in [4.69, 9.17) is 17.3 Å². The van der Waals surface area contributed by atoms with Gasteiger partial charge in [-0.1, -0.05) is 17.7 Å². The van der Waals surface area contributed by atoms with Crippen LogP contribution in [0.3, 0.4) is 0 Å². The van der Waals surface area contributed by atoms with E-state index in [-0.39, 0.29) is 0 Å². The number of hydrogen-bond donors (Lipinski definition) is 1. The summed E-state index contributed by atoms with van der Waals surface area (Å²) < 4.78 is 1.61. The molecule has 2 heterocycles. The van der Waals surface area contributed by atoms with E-state index in [1.54, 1.807) is 23.3 Å². The van der Waals surface area contributed by atoms with E-state index in [1.807, 2.05) is 12.1 Å². The van der Waals surface area contributed by atoms with E-state index in [9.17, 15) is 0 Å². The molecule has 2 N–H and O–H groups in total. The summed E-state index contributed by atoms with van der Waals surface area (Å²) >= 11 is 5.74.